The van der Waals surface area contributed by atoms with Crippen LogP contribution in [-0.2, 0) is 6.42 Å². The Hall–Kier alpha value is -0.580. The van der Waals surface area contributed by atoms with Crippen molar-refractivity contribution in [3.8, 4) is 0 Å². The van der Waals surface area contributed by atoms with Crippen LogP contribution in [0.2, 0.25) is 0 Å². The monoisotopic (exact) mass is 344 g/mol. The maximum atomic E-state index is 10.0. The van der Waals surface area contributed by atoms with Gasteiger partial charge >= 0.3 is 0 Å². The largest absolute Gasteiger partial charge is 0.457 e. The van der Waals surface area contributed by atoms with Crippen LogP contribution in [0.4, 0.5) is 0 Å². The van der Waals surface area contributed by atoms with Crippen LogP contribution in [0.3, 0.4) is 0 Å². The summed E-state index contributed by atoms with van der Waals surface area (Å²) in [5.74, 6) is 0. The van der Waals surface area contributed by atoms with Crippen molar-refractivity contribution in [3.05, 3.63) is 56.9 Å². The molecular weight excluding hydrogens is 336 g/mol. The van der Waals surface area contributed by atoms with Crippen LogP contribution in [0.5, 0.6) is 0 Å². The first-order valence-corrected chi connectivity index (χ1v) is 6.41. The van der Waals surface area contributed by atoms with Crippen LogP contribution in [0, 0.1) is 0 Å². The maximum absolute atomic E-state index is 10.0. The summed E-state index contributed by atoms with van der Waals surface area (Å²) in [5.41, 5.74) is 1.86. The zero-order valence-electron chi connectivity index (χ0n) is 8.36. The van der Waals surface area contributed by atoms with Gasteiger partial charge in [0.1, 0.15) is 0 Å². The van der Waals surface area contributed by atoms with Crippen molar-refractivity contribution in [2.45, 2.75) is 12.5 Å². The number of furan rings is 1. The fourth-order valence-electron chi connectivity index (χ4n) is 1.54. The van der Waals surface area contributed by atoms with Crippen molar-refractivity contribution in [3.63, 3.8) is 0 Å². The van der Waals surface area contributed by atoms with E-state index >= 15 is 0 Å². The number of aliphatic hydroxyl groups is 1. The Balaban J connectivity index is 2.14. The molecule has 0 aliphatic heterocycles. The predicted octanol–water partition coefficient (Wildman–Crippen LogP) is 4.08. The fourth-order valence-corrected chi connectivity index (χ4v) is 2.49. The van der Waals surface area contributed by atoms with Gasteiger partial charge in [0.15, 0.2) is 4.67 Å². The molecule has 1 heterocycles. The van der Waals surface area contributed by atoms with Crippen LogP contribution in [0.25, 0.3) is 0 Å². The Morgan fingerprint density at radius 2 is 2.06 bits per heavy atom. The molecule has 1 N–H and O–H groups in total. The molecule has 16 heavy (non-hydrogen) atoms. The summed E-state index contributed by atoms with van der Waals surface area (Å²) < 4.78 is 6.70. The van der Waals surface area contributed by atoms with Gasteiger partial charge in [0.05, 0.1) is 12.4 Å². The Labute approximate surface area is 111 Å². The smallest absolute Gasteiger partial charge is 0.174 e. The molecule has 0 spiro atoms. The van der Waals surface area contributed by atoms with Crippen molar-refractivity contribution in [1.29, 1.82) is 0 Å². The molecule has 2 aromatic rings. The molecule has 0 saturated carbocycles. The number of hydrogen-bond donors (Lipinski definition) is 1. The van der Waals surface area contributed by atoms with Gasteiger partial charge in [-0.15, -0.1) is 0 Å². The molecule has 2 nitrogen and oxygen atoms in total. The lowest BCUT2D eigenvalue weighted by Gasteiger charge is -2.09. The van der Waals surface area contributed by atoms with E-state index in [1.165, 1.54) is 0 Å². The van der Waals surface area contributed by atoms with E-state index in [1.807, 2.05) is 24.3 Å². The average molecular weight is 346 g/mol. The van der Waals surface area contributed by atoms with Crippen molar-refractivity contribution in [2.24, 2.45) is 0 Å². The minimum atomic E-state index is -0.553. The molecule has 4 heteroatoms. The van der Waals surface area contributed by atoms with Crippen LogP contribution >= 0.6 is 31.9 Å². The van der Waals surface area contributed by atoms with Gasteiger partial charge in [0, 0.05) is 16.5 Å². The summed E-state index contributed by atoms with van der Waals surface area (Å²) in [6.07, 6.45) is 1.57. The number of rotatable bonds is 3. The van der Waals surface area contributed by atoms with Gasteiger partial charge in [0.2, 0.25) is 0 Å². The molecule has 1 atom stereocenters. The third-order valence-electron chi connectivity index (χ3n) is 2.32. The standard InChI is InChI=1S/C12H10Br2O2/c13-9-3-1-2-8(6-9)7-11(15)10-4-5-16-12(10)14/h1-6,11,15H,7H2. The van der Waals surface area contributed by atoms with Crippen LogP contribution in [0.1, 0.15) is 17.2 Å². The average Bonchev–Trinajstić information content (AvgIpc) is 2.64. The minimum Gasteiger partial charge on any atom is -0.457 e. The summed E-state index contributed by atoms with van der Waals surface area (Å²) in [4.78, 5) is 0. The van der Waals surface area contributed by atoms with Crippen molar-refractivity contribution >= 4 is 31.9 Å². The summed E-state index contributed by atoms with van der Waals surface area (Å²) in [7, 11) is 0. The Morgan fingerprint density at radius 3 is 2.69 bits per heavy atom. The Kier molecular flexibility index (Phi) is 3.84. The van der Waals surface area contributed by atoms with Crippen molar-refractivity contribution in [2.75, 3.05) is 0 Å². The normalized spacial score (nSPS) is 12.7. The van der Waals surface area contributed by atoms with E-state index in [2.05, 4.69) is 31.9 Å². The minimum absolute atomic E-state index is 0.553. The molecular formula is C12H10Br2O2. The molecule has 1 aromatic heterocycles. The lowest BCUT2D eigenvalue weighted by atomic mass is 10.0. The first kappa shape index (κ1) is 11.9. The molecule has 0 aliphatic carbocycles. The zero-order chi connectivity index (χ0) is 11.5. The van der Waals surface area contributed by atoms with Crippen molar-refractivity contribution in [1.82, 2.24) is 0 Å². The van der Waals surface area contributed by atoms with E-state index in [1.54, 1.807) is 12.3 Å². The lowest BCUT2D eigenvalue weighted by Crippen LogP contribution is -2.01. The fraction of sp³-hybridized carbons (Fsp3) is 0.167. The van der Waals surface area contributed by atoms with E-state index in [0.29, 0.717) is 11.1 Å². The van der Waals surface area contributed by atoms with E-state index in [4.69, 9.17) is 4.42 Å². The van der Waals surface area contributed by atoms with E-state index in [0.717, 1.165) is 15.6 Å². The molecule has 0 fully saturated rings. The highest BCUT2D eigenvalue weighted by Gasteiger charge is 2.14. The third kappa shape index (κ3) is 2.75. The number of halogens is 2. The number of hydrogen-bond acceptors (Lipinski definition) is 2. The molecule has 0 bridgehead atoms. The highest BCUT2D eigenvalue weighted by Crippen LogP contribution is 2.27. The van der Waals surface area contributed by atoms with Gasteiger partial charge in [-0.3, -0.25) is 0 Å². The molecule has 84 valence electrons. The Bertz CT molecular complexity index is 479. The molecule has 2 rings (SSSR count). The second-order valence-corrected chi connectivity index (χ2v) is 5.14. The third-order valence-corrected chi connectivity index (χ3v) is 3.46. The molecule has 0 radical (unpaired) electrons. The first-order chi connectivity index (χ1) is 7.66. The molecule has 0 aliphatic rings. The van der Waals surface area contributed by atoms with E-state index < -0.39 is 6.10 Å². The molecule has 0 amide bonds. The Morgan fingerprint density at radius 1 is 1.25 bits per heavy atom. The summed E-state index contributed by atoms with van der Waals surface area (Å²) in [5, 5.41) is 10.0. The second-order valence-electron chi connectivity index (χ2n) is 3.50. The van der Waals surface area contributed by atoms with Gasteiger partial charge in [-0.2, -0.15) is 0 Å². The van der Waals surface area contributed by atoms with E-state index in [9.17, 15) is 5.11 Å². The van der Waals surface area contributed by atoms with Crippen LogP contribution < -0.4 is 0 Å². The quantitative estimate of drug-likeness (QED) is 0.909. The van der Waals surface area contributed by atoms with Gasteiger partial charge in [-0.05, 0) is 39.7 Å². The topological polar surface area (TPSA) is 33.4 Å². The van der Waals surface area contributed by atoms with Gasteiger partial charge < -0.3 is 9.52 Å². The molecule has 0 saturated heterocycles. The second kappa shape index (κ2) is 5.17. The summed E-state index contributed by atoms with van der Waals surface area (Å²) in [6, 6.07) is 9.67. The SMILES string of the molecule is OC(Cc1cccc(Br)c1)c1ccoc1Br. The predicted molar refractivity (Wildman–Crippen MR) is 69.2 cm³/mol. The highest BCUT2D eigenvalue weighted by atomic mass is 79.9. The van der Waals surface area contributed by atoms with Crippen molar-refractivity contribution < 1.29 is 9.52 Å². The zero-order valence-corrected chi connectivity index (χ0v) is 11.5. The highest BCUT2D eigenvalue weighted by molar-refractivity contribution is 9.10. The van der Waals surface area contributed by atoms with E-state index in [-0.39, 0.29) is 0 Å². The molecule has 1 unspecified atom stereocenters. The first-order valence-electron chi connectivity index (χ1n) is 4.82. The van der Waals surface area contributed by atoms with Gasteiger partial charge in [0.25, 0.3) is 0 Å². The maximum Gasteiger partial charge on any atom is 0.174 e. The van der Waals surface area contributed by atoms with Gasteiger partial charge in [-0.1, -0.05) is 28.1 Å². The number of benzene rings is 1. The molecule has 1 aromatic carbocycles. The summed E-state index contributed by atoms with van der Waals surface area (Å²) in [6.45, 7) is 0. The van der Waals surface area contributed by atoms with Gasteiger partial charge in [-0.25, -0.2) is 0 Å². The lowest BCUT2D eigenvalue weighted by molar-refractivity contribution is 0.176. The van der Waals surface area contributed by atoms with Crippen LogP contribution in [0.15, 0.2) is 50.2 Å². The summed E-state index contributed by atoms with van der Waals surface area (Å²) >= 11 is 6.66. The number of aliphatic hydroxyl groups excluding tert-OH is 1. The van der Waals surface area contributed by atoms with Crippen LogP contribution in [-0.4, -0.2) is 5.11 Å².